The number of pyridine rings is 1. The van der Waals surface area contributed by atoms with Crippen molar-refractivity contribution in [2.24, 2.45) is 5.73 Å². The first-order valence-electron chi connectivity index (χ1n) is 7.34. The highest BCUT2D eigenvalue weighted by Crippen LogP contribution is 2.34. The van der Waals surface area contributed by atoms with Gasteiger partial charge >= 0.3 is 0 Å². The topological polar surface area (TPSA) is 87.1 Å². The summed E-state index contributed by atoms with van der Waals surface area (Å²) in [5, 5.41) is 4.12. The van der Waals surface area contributed by atoms with E-state index in [1.54, 1.807) is 25.6 Å². The van der Waals surface area contributed by atoms with Gasteiger partial charge in [-0.2, -0.15) is 4.98 Å². The first-order chi connectivity index (χ1) is 10.2. The summed E-state index contributed by atoms with van der Waals surface area (Å²) in [7, 11) is 1.59. The fraction of sp³-hybridized carbons (Fsp3) is 0.533. The van der Waals surface area contributed by atoms with Crippen molar-refractivity contribution >= 4 is 0 Å². The van der Waals surface area contributed by atoms with E-state index in [-0.39, 0.29) is 0 Å². The van der Waals surface area contributed by atoms with Gasteiger partial charge in [0.2, 0.25) is 0 Å². The van der Waals surface area contributed by atoms with Crippen molar-refractivity contribution in [3.05, 3.63) is 24.3 Å². The third-order valence-corrected chi connectivity index (χ3v) is 4.10. The van der Waals surface area contributed by atoms with Crippen LogP contribution in [0.3, 0.4) is 0 Å². The van der Waals surface area contributed by atoms with Gasteiger partial charge in [0.25, 0.3) is 5.89 Å². The Balaban J connectivity index is 1.92. The predicted octanol–water partition coefficient (Wildman–Crippen LogP) is 2.65. The quantitative estimate of drug-likeness (QED) is 0.874. The third-order valence-electron chi connectivity index (χ3n) is 4.10. The Labute approximate surface area is 123 Å². The molecule has 2 aromatic rings. The van der Waals surface area contributed by atoms with Gasteiger partial charge in [-0.05, 0) is 18.9 Å². The second kappa shape index (κ2) is 5.81. The molecule has 0 aromatic carbocycles. The molecule has 0 aliphatic heterocycles. The van der Waals surface area contributed by atoms with Crippen molar-refractivity contribution in [3.8, 4) is 17.2 Å². The normalized spacial score (nSPS) is 18.2. The highest BCUT2D eigenvalue weighted by atomic mass is 16.5. The van der Waals surface area contributed by atoms with Gasteiger partial charge in [0.15, 0.2) is 5.82 Å². The Morgan fingerprint density at radius 1 is 1.24 bits per heavy atom. The summed E-state index contributed by atoms with van der Waals surface area (Å²) in [6.45, 7) is 0. The molecule has 6 nitrogen and oxygen atoms in total. The van der Waals surface area contributed by atoms with Crippen molar-refractivity contribution < 1.29 is 9.26 Å². The Bertz CT molecular complexity index is 603. The zero-order chi connectivity index (χ0) is 14.7. The highest BCUT2D eigenvalue weighted by Gasteiger charge is 2.33. The molecule has 6 heteroatoms. The molecule has 1 saturated carbocycles. The molecular weight excluding hydrogens is 268 g/mol. The molecule has 3 rings (SSSR count). The van der Waals surface area contributed by atoms with Crippen molar-refractivity contribution in [1.82, 2.24) is 15.1 Å². The van der Waals surface area contributed by atoms with Crippen LogP contribution < -0.4 is 10.5 Å². The minimum Gasteiger partial charge on any atom is -0.494 e. The van der Waals surface area contributed by atoms with Gasteiger partial charge < -0.3 is 15.0 Å². The SMILES string of the molecule is COc1cnccc1-c1nc(C2(N)CCCCCC2)no1. The van der Waals surface area contributed by atoms with Gasteiger partial charge in [-0.3, -0.25) is 4.98 Å². The van der Waals surface area contributed by atoms with E-state index in [0.29, 0.717) is 17.5 Å². The molecule has 0 bridgehead atoms. The zero-order valence-electron chi connectivity index (χ0n) is 12.2. The number of rotatable bonds is 3. The molecule has 2 heterocycles. The summed E-state index contributed by atoms with van der Waals surface area (Å²) in [5.41, 5.74) is 6.78. The molecule has 1 aliphatic rings. The first kappa shape index (κ1) is 14.0. The maximum absolute atomic E-state index is 6.51. The molecule has 0 unspecified atom stereocenters. The molecule has 0 amide bonds. The fourth-order valence-corrected chi connectivity index (χ4v) is 2.84. The summed E-state index contributed by atoms with van der Waals surface area (Å²) >= 11 is 0. The number of hydrogen-bond acceptors (Lipinski definition) is 6. The molecule has 0 saturated heterocycles. The van der Waals surface area contributed by atoms with Crippen molar-refractivity contribution in [1.29, 1.82) is 0 Å². The largest absolute Gasteiger partial charge is 0.494 e. The smallest absolute Gasteiger partial charge is 0.261 e. The van der Waals surface area contributed by atoms with Crippen molar-refractivity contribution in [3.63, 3.8) is 0 Å². The van der Waals surface area contributed by atoms with Crippen LogP contribution in [0.15, 0.2) is 23.0 Å². The standard InChI is InChI=1S/C15H20N4O2/c1-20-12-10-17-9-6-11(12)13-18-14(19-21-13)15(16)7-4-2-3-5-8-15/h6,9-10H,2-5,7-8,16H2,1H3. The van der Waals surface area contributed by atoms with Crippen LogP contribution >= 0.6 is 0 Å². The van der Waals surface area contributed by atoms with Gasteiger partial charge in [-0.15, -0.1) is 0 Å². The number of nitrogens with two attached hydrogens (primary N) is 1. The van der Waals surface area contributed by atoms with E-state index in [0.717, 1.165) is 31.2 Å². The summed E-state index contributed by atoms with van der Waals surface area (Å²) < 4.78 is 10.7. The number of ether oxygens (including phenoxy) is 1. The molecule has 21 heavy (non-hydrogen) atoms. The molecule has 0 radical (unpaired) electrons. The zero-order valence-corrected chi connectivity index (χ0v) is 12.2. The molecule has 112 valence electrons. The van der Waals surface area contributed by atoms with Crippen LogP contribution in [-0.4, -0.2) is 22.2 Å². The van der Waals surface area contributed by atoms with Crippen molar-refractivity contribution in [2.45, 2.75) is 44.1 Å². The van der Waals surface area contributed by atoms with Gasteiger partial charge in [0.1, 0.15) is 5.75 Å². The van der Waals surface area contributed by atoms with Crippen LogP contribution in [0.1, 0.15) is 44.3 Å². The first-order valence-corrected chi connectivity index (χ1v) is 7.34. The lowest BCUT2D eigenvalue weighted by Gasteiger charge is -2.23. The van der Waals surface area contributed by atoms with Crippen LogP contribution in [0.25, 0.3) is 11.5 Å². The average molecular weight is 288 g/mol. The highest BCUT2D eigenvalue weighted by molar-refractivity contribution is 5.61. The Morgan fingerprint density at radius 3 is 2.71 bits per heavy atom. The Kier molecular flexibility index (Phi) is 3.88. The van der Waals surface area contributed by atoms with Crippen LogP contribution in [0, 0.1) is 0 Å². The van der Waals surface area contributed by atoms with E-state index in [1.165, 1.54) is 12.8 Å². The molecule has 0 atom stereocenters. The summed E-state index contributed by atoms with van der Waals surface area (Å²) in [5.74, 6) is 1.64. The average Bonchev–Trinajstić information content (AvgIpc) is 2.91. The number of nitrogens with zero attached hydrogens (tertiary/aromatic N) is 3. The summed E-state index contributed by atoms with van der Waals surface area (Å²) in [6, 6.07) is 1.80. The number of hydrogen-bond donors (Lipinski definition) is 1. The minimum absolute atomic E-state index is 0.429. The van der Waals surface area contributed by atoms with Gasteiger partial charge in [-0.25, -0.2) is 0 Å². The van der Waals surface area contributed by atoms with Crippen LogP contribution in [0.5, 0.6) is 5.75 Å². The van der Waals surface area contributed by atoms with Gasteiger partial charge in [0, 0.05) is 6.20 Å². The lowest BCUT2D eigenvalue weighted by atomic mass is 9.91. The van der Waals surface area contributed by atoms with Crippen LogP contribution in [-0.2, 0) is 5.54 Å². The van der Waals surface area contributed by atoms with E-state index >= 15 is 0 Å². The third kappa shape index (κ3) is 2.76. The predicted molar refractivity (Wildman–Crippen MR) is 77.6 cm³/mol. The van der Waals surface area contributed by atoms with E-state index < -0.39 is 5.54 Å². The molecular formula is C15H20N4O2. The maximum atomic E-state index is 6.51. The van der Waals surface area contributed by atoms with Crippen molar-refractivity contribution in [2.75, 3.05) is 7.11 Å². The summed E-state index contributed by atoms with van der Waals surface area (Å²) in [6.07, 6.45) is 9.77. The van der Waals surface area contributed by atoms with E-state index in [1.807, 2.05) is 0 Å². The van der Waals surface area contributed by atoms with E-state index in [9.17, 15) is 0 Å². The molecule has 1 aliphatic carbocycles. The van der Waals surface area contributed by atoms with Gasteiger partial charge in [-0.1, -0.05) is 30.8 Å². The fourth-order valence-electron chi connectivity index (χ4n) is 2.84. The Hall–Kier alpha value is -1.95. The minimum atomic E-state index is -0.474. The monoisotopic (exact) mass is 288 g/mol. The van der Waals surface area contributed by atoms with Gasteiger partial charge in [0.05, 0.1) is 24.4 Å². The van der Waals surface area contributed by atoms with Crippen LogP contribution in [0.2, 0.25) is 0 Å². The number of aromatic nitrogens is 3. The lowest BCUT2D eigenvalue weighted by Crippen LogP contribution is -2.37. The maximum Gasteiger partial charge on any atom is 0.261 e. The summed E-state index contributed by atoms with van der Waals surface area (Å²) in [4.78, 5) is 8.54. The van der Waals surface area contributed by atoms with E-state index in [2.05, 4.69) is 15.1 Å². The van der Waals surface area contributed by atoms with Crippen LogP contribution in [0.4, 0.5) is 0 Å². The number of methoxy groups -OCH3 is 1. The second-order valence-corrected chi connectivity index (χ2v) is 5.57. The van der Waals surface area contributed by atoms with E-state index in [4.69, 9.17) is 15.0 Å². The lowest BCUT2D eigenvalue weighted by molar-refractivity contribution is 0.334. The molecule has 0 spiro atoms. The Morgan fingerprint density at radius 2 is 2.00 bits per heavy atom. The molecule has 2 aromatic heterocycles. The molecule has 1 fully saturated rings. The molecule has 2 N–H and O–H groups in total. The second-order valence-electron chi connectivity index (χ2n) is 5.57.